The molecule has 5 nitrogen and oxygen atoms in total. The van der Waals surface area contributed by atoms with Crippen molar-refractivity contribution in [2.75, 3.05) is 11.5 Å². The Kier molecular flexibility index (Phi) is 6.01. The highest BCUT2D eigenvalue weighted by Gasteiger charge is 2.19. The summed E-state index contributed by atoms with van der Waals surface area (Å²) in [5.41, 5.74) is 8.39. The van der Waals surface area contributed by atoms with Crippen molar-refractivity contribution in [3.63, 3.8) is 0 Å². The molecule has 3 aromatic rings. The average molecular weight is 401 g/mol. The zero-order valence-electron chi connectivity index (χ0n) is 16.0. The van der Waals surface area contributed by atoms with Gasteiger partial charge in [0, 0.05) is 17.5 Å². The zero-order valence-corrected chi connectivity index (χ0v) is 17.7. The Morgan fingerprint density at radius 1 is 1.22 bits per heavy atom. The highest BCUT2D eigenvalue weighted by molar-refractivity contribution is 7.99. The van der Waals surface area contributed by atoms with Gasteiger partial charge in [0.15, 0.2) is 5.16 Å². The fourth-order valence-electron chi connectivity index (χ4n) is 2.87. The van der Waals surface area contributed by atoms with E-state index in [1.54, 1.807) is 11.3 Å². The SMILES string of the molecule is Cc1sc2nc(SCC(=O)N(Cc3ccccc3)C(C)C)nc(N)c2c1C. The Labute approximate surface area is 168 Å². The molecule has 0 fully saturated rings. The minimum absolute atomic E-state index is 0.0691. The van der Waals surface area contributed by atoms with E-state index in [-0.39, 0.29) is 11.9 Å². The number of nitrogens with zero attached hydrogens (tertiary/aromatic N) is 3. The number of aromatic nitrogens is 2. The van der Waals surface area contributed by atoms with E-state index in [0.29, 0.717) is 23.3 Å². The molecule has 0 radical (unpaired) electrons. The number of thiophene rings is 1. The number of nitrogens with two attached hydrogens (primary N) is 1. The first kappa shape index (κ1) is 19.6. The van der Waals surface area contributed by atoms with Crippen LogP contribution in [0.4, 0.5) is 5.82 Å². The summed E-state index contributed by atoms with van der Waals surface area (Å²) in [4.78, 5) is 25.7. The summed E-state index contributed by atoms with van der Waals surface area (Å²) in [6.07, 6.45) is 0. The number of aryl methyl sites for hydroxylation is 2. The number of anilines is 1. The number of carbonyl (C=O) groups is 1. The van der Waals surface area contributed by atoms with Gasteiger partial charge < -0.3 is 10.6 Å². The lowest BCUT2D eigenvalue weighted by molar-refractivity contribution is -0.130. The smallest absolute Gasteiger partial charge is 0.233 e. The predicted molar refractivity (Wildman–Crippen MR) is 114 cm³/mol. The first-order chi connectivity index (χ1) is 12.9. The summed E-state index contributed by atoms with van der Waals surface area (Å²) in [5.74, 6) is 0.848. The van der Waals surface area contributed by atoms with Gasteiger partial charge >= 0.3 is 0 Å². The second kappa shape index (κ2) is 8.27. The number of fused-ring (bicyclic) bond motifs is 1. The van der Waals surface area contributed by atoms with Crippen molar-refractivity contribution in [2.24, 2.45) is 0 Å². The monoisotopic (exact) mass is 400 g/mol. The van der Waals surface area contributed by atoms with E-state index in [4.69, 9.17) is 5.73 Å². The lowest BCUT2D eigenvalue weighted by Gasteiger charge is -2.26. The molecule has 0 spiro atoms. The second-order valence-electron chi connectivity index (χ2n) is 6.74. The standard InChI is InChI=1S/C20H24N4OS2/c1-12(2)24(10-15-8-6-5-7-9-15)16(25)11-26-20-22-18(21)17-13(3)14(4)27-19(17)23-20/h5-9,12H,10-11H2,1-4H3,(H2,21,22,23). The number of amides is 1. The highest BCUT2D eigenvalue weighted by atomic mass is 32.2. The van der Waals surface area contributed by atoms with E-state index in [0.717, 1.165) is 21.3 Å². The van der Waals surface area contributed by atoms with Gasteiger partial charge in [-0.15, -0.1) is 11.3 Å². The van der Waals surface area contributed by atoms with Gasteiger partial charge in [0.05, 0.1) is 11.1 Å². The summed E-state index contributed by atoms with van der Waals surface area (Å²) in [6.45, 7) is 8.76. The topological polar surface area (TPSA) is 72.1 Å². The molecular weight excluding hydrogens is 376 g/mol. The molecule has 2 N–H and O–H groups in total. The normalized spacial score (nSPS) is 11.3. The highest BCUT2D eigenvalue weighted by Crippen LogP contribution is 2.33. The molecule has 7 heteroatoms. The number of hydrogen-bond acceptors (Lipinski definition) is 6. The number of benzene rings is 1. The quantitative estimate of drug-likeness (QED) is 0.490. The lowest BCUT2D eigenvalue weighted by atomic mass is 10.2. The molecule has 0 saturated carbocycles. The third-order valence-electron chi connectivity index (χ3n) is 4.50. The van der Waals surface area contributed by atoms with Crippen LogP contribution in [-0.2, 0) is 11.3 Å². The lowest BCUT2D eigenvalue weighted by Crippen LogP contribution is -2.37. The molecular formula is C20H24N4OS2. The largest absolute Gasteiger partial charge is 0.383 e. The number of hydrogen-bond donors (Lipinski definition) is 1. The maximum atomic E-state index is 12.8. The summed E-state index contributed by atoms with van der Waals surface area (Å²) >= 11 is 2.96. The predicted octanol–water partition coefficient (Wildman–Crippen LogP) is 4.42. The molecule has 0 aliphatic rings. The fourth-order valence-corrected chi connectivity index (χ4v) is 4.70. The molecule has 0 saturated heterocycles. The summed E-state index contributed by atoms with van der Waals surface area (Å²) in [6, 6.07) is 10.2. The molecule has 0 atom stereocenters. The van der Waals surface area contributed by atoms with Crippen molar-refractivity contribution in [2.45, 2.75) is 45.4 Å². The van der Waals surface area contributed by atoms with Gasteiger partial charge in [-0.05, 0) is 38.8 Å². The summed E-state index contributed by atoms with van der Waals surface area (Å²) in [5, 5.41) is 1.49. The average Bonchev–Trinajstić information content (AvgIpc) is 2.92. The van der Waals surface area contributed by atoms with Crippen molar-refractivity contribution in [1.82, 2.24) is 14.9 Å². The van der Waals surface area contributed by atoms with E-state index >= 15 is 0 Å². The summed E-state index contributed by atoms with van der Waals surface area (Å²) in [7, 11) is 0. The molecule has 1 aromatic carbocycles. The summed E-state index contributed by atoms with van der Waals surface area (Å²) < 4.78 is 0. The van der Waals surface area contributed by atoms with Crippen LogP contribution in [0.15, 0.2) is 35.5 Å². The molecule has 27 heavy (non-hydrogen) atoms. The number of rotatable bonds is 6. The van der Waals surface area contributed by atoms with Gasteiger partial charge in [-0.25, -0.2) is 9.97 Å². The van der Waals surface area contributed by atoms with E-state index in [1.807, 2.05) is 56.0 Å². The number of thioether (sulfide) groups is 1. The number of carbonyl (C=O) groups excluding carboxylic acids is 1. The van der Waals surface area contributed by atoms with Crippen LogP contribution >= 0.6 is 23.1 Å². The van der Waals surface area contributed by atoms with E-state index < -0.39 is 0 Å². The molecule has 2 aromatic heterocycles. The third kappa shape index (κ3) is 4.42. The van der Waals surface area contributed by atoms with E-state index in [1.165, 1.54) is 16.6 Å². The molecule has 0 unspecified atom stereocenters. The van der Waals surface area contributed by atoms with Gasteiger partial charge in [-0.1, -0.05) is 42.1 Å². The zero-order chi connectivity index (χ0) is 19.6. The maximum Gasteiger partial charge on any atom is 0.233 e. The Balaban J connectivity index is 1.72. The van der Waals surface area contributed by atoms with Crippen molar-refractivity contribution < 1.29 is 4.79 Å². The fraction of sp³-hybridized carbons (Fsp3) is 0.350. The van der Waals surface area contributed by atoms with Crippen molar-refractivity contribution in [3.8, 4) is 0 Å². The van der Waals surface area contributed by atoms with Crippen LogP contribution in [0, 0.1) is 13.8 Å². The van der Waals surface area contributed by atoms with Crippen molar-refractivity contribution in [3.05, 3.63) is 46.3 Å². The minimum Gasteiger partial charge on any atom is -0.383 e. The minimum atomic E-state index is 0.0691. The molecule has 2 heterocycles. The first-order valence-corrected chi connectivity index (χ1v) is 10.7. The van der Waals surface area contributed by atoms with Crippen LogP contribution in [0.2, 0.25) is 0 Å². The first-order valence-electron chi connectivity index (χ1n) is 8.86. The Bertz CT molecular complexity index is 954. The molecule has 142 valence electrons. The van der Waals surface area contributed by atoms with Gasteiger partial charge in [0.25, 0.3) is 0 Å². The van der Waals surface area contributed by atoms with Crippen LogP contribution in [0.3, 0.4) is 0 Å². The molecule has 1 amide bonds. The van der Waals surface area contributed by atoms with Gasteiger partial charge in [0.2, 0.25) is 5.91 Å². The second-order valence-corrected chi connectivity index (χ2v) is 8.89. The van der Waals surface area contributed by atoms with Gasteiger partial charge in [-0.3, -0.25) is 4.79 Å². The molecule has 0 bridgehead atoms. The van der Waals surface area contributed by atoms with Crippen molar-refractivity contribution in [1.29, 1.82) is 0 Å². The van der Waals surface area contributed by atoms with E-state index in [9.17, 15) is 4.79 Å². The van der Waals surface area contributed by atoms with Crippen LogP contribution in [0.5, 0.6) is 0 Å². The van der Waals surface area contributed by atoms with Crippen LogP contribution in [0.25, 0.3) is 10.2 Å². The van der Waals surface area contributed by atoms with Crippen LogP contribution in [-0.4, -0.2) is 32.6 Å². The molecule has 0 aliphatic heterocycles. The maximum absolute atomic E-state index is 12.8. The Morgan fingerprint density at radius 2 is 1.93 bits per heavy atom. The van der Waals surface area contributed by atoms with Crippen LogP contribution < -0.4 is 5.73 Å². The number of nitrogen functional groups attached to an aromatic ring is 1. The van der Waals surface area contributed by atoms with Crippen molar-refractivity contribution >= 4 is 45.0 Å². The Morgan fingerprint density at radius 3 is 2.59 bits per heavy atom. The molecule has 0 aliphatic carbocycles. The van der Waals surface area contributed by atoms with Gasteiger partial charge in [-0.2, -0.15) is 0 Å². The third-order valence-corrected chi connectivity index (χ3v) is 6.43. The van der Waals surface area contributed by atoms with E-state index in [2.05, 4.69) is 16.9 Å². The Hall–Kier alpha value is -2.12. The molecule has 3 rings (SSSR count). The van der Waals surface area contributed by atoms with Gasteiger partial charge in [0.1, 0.15) is 10.6 Å². The van der Waals surface area contributed by atoms with Crippen LogP contribution in [0.1, 0.15) is 29.9 Å².